The van der Waals surface area contributed by atoms with Gasteiger partial charge in [0, 0.05) is 5.69 Å². The maximum Gasteiger partial charge on any atom is 0.0511 e. The molecule has 4 aromatic carbocycles. The van der Waals surface area contributed by atoms with E-state index < -0.39 is 0 Å². The van der Waals surface area contributed by atoms with E-state index in [1.165, 1.54) is 39.0 Å². The van der Waals surface area contributed by atoms with E-state index in [9.17, 15) is 0 Å². The number of benzene rings is 4. The van der Waals surface area contributed by atoms with Crippen LogP contribution in [-0.4, -0.2) is 0 Å². The summed E-state index contributed by atoms with van der Waals surface area (Å²) in [5.74, 6) is 0. The fourth-order valence-electron chi connectivity index (χ4n) is 4.11. The van der Waals surface area contributed by atoms with Gasteiger partial charge in [0.1, 0.15) is 0 Å². The van der Waals surface area contributed by atoms with Gasteiger partial charge in [0.05, 0.1) is 6.04 Å². The van der Waals surface area contributed by atoms with Gasteiger partial charge in [-0.1, -0.05) is 103 Å². The molecule has 0 saturated heterocycles. The lowest BCUT2D eigenvalue weighted by atomic mass is 9.91. The highest BCUT2D eigenvalue weighted by Gasteiger charge is 2.11. The van der Waals surface area contributed by atoms with Crippen molar-refractivity contribution in [3.63, 3.8) is 0 Å². The van der Waals surface area contributed by atoms with Crippen molar-refractivity contribution >= 4 is 17.3 Å². The van der Waals surface area contributed by atoms with Crippen LogP contribution < -0.4 is 5.32 Å². The van der Waals surface area contributed by atoms with Crippen LogP contribution >= 0.6 is 0 Å². The van der Waals surface area contributed by atoms with Crippen molar-refractivity contribution in [2.75, 3.05) is 5.32 Å². The van der Waals surface area contributed by atoms with Gasteiger partial charge in [-0.3, -0.25) is 0 Å². The van der Waals surface area contributed by atoms with Crippen molar-refractivity contribution in [3.05, 3.63) is 137 Å². The summed E-state index contributed by atoms with van der Waals surface area (Å²) < 4.78 is 0. The molecule has 1 heteroatoms. The molecule has 0 aliphatic carbocycles. The molecule has 0 spiro atoms. The van der Waals surface area contributed by atoms with Crippen molar-refractivity contribution in [2.24, 2.45) is 0 Å². The van der Waals surface area contributed by atoms with Gasteiger partial charge in [0.2, 0.25) is 0 Å². The number of nitrogens with one attached hydrogen (secondary N) is 1. The Balaban J connectivity index is 1.67. The zero-order valence-electron chi connectivity index (χ0n) is 19.2. The first-order valence-corrected chi connectivity index (χ1v) is 11.4. The molecule has 0 aliphatic rings. The molecule has 0 heterocycles. The van der Waals surface area contributed by atoms with Gasteiger partial charge in [0.25, 0.3) is 0 Å². The first-order valence-electron chi connectivity index (χ1n) is 11.4. The molecule has 160 valence electrons. The normalized spacial score (nSPS) is 12.4. The van der Waals surface area contributed by atoms with E-state index in [1.54, 1.807) is 0 Å². The zero-order valence-corrected chi connectivity index (χ0v) is 19.2. The van der Waals surface area contributed by atoms with Crippen molar-refractivity contribution in [1.29, 1.82) is 0 Å². The van der Waals surface area contributed by atoms with E-state index in [2.05, 4.69) is 129 Å². The van der Waals surface area contributed by atoms with Crippen LogP contribution in [0.5, 0.6) is 0 Å². The van der Waals surface area contributed by atoms with Crippen LogP contribution in [0.25, 0.3) is 11.6 Å². The first kappa shape index (κ1) is 21.6. The summed E-state index contributed by atoms with van der Waals surface area (Å²) in [4.78, 5) is 0. The smallest absolute Gasteiger partial charge is 0.0511 e. The third kappa shape index (κ3) is 5.18. The molecular formula is C31H31N. The van der Waals surface area contributed by atoms with Crippen LogP contribution in [0.2, 0.25) is 0 Å². The minimum absolute atomic E-state index is 0.294. The molecule has 1 unspecified atom stereocenters. The molecule has 0 fully saturated rings. The second-order valence-electron chi connectivity index (χ2n) is 8.38. The zero-order chi connectivity index (χ0) is 22.3. The molecule has 0 aromatic heterocycles. The second kappa shape index (κ2) is 10.2. The molecular weight excluding hydrogens is 386 g/mol. The molecule has 4 aromatic rings. The summed E-state index contributed by atoms with van der Waals surface area (Å²) in [5, 5.41) is 3.66. The van der Waals surface area contributed by atoms with Crippen molar-refractivity contribution in [1.82, 2.24) is 0 Å². The second-order valence-corrected chi connectivity index (χ2v) is 8.38. The summed E-state index contributed by atoms with van der Waals surface area (Å²) in [6.07, 6.45) is 3.34. The summed E-state index contributed by atoms with van der Waals surface area (Å²) in [5.41, 5.74) is 10.0. The largest absolute Gasteiger partial charge is 0.378 e. The fraction of sp³-hybridized carbons (Fsp3) is 0.161. The molecule has 32 heavy (non-hydrogen) atoms. The Morgan fingerprint density at radius 1 is 0.781 bits per heavy atom. The standard InChI is InChI=1S/C31H31N/c1-4-31(32-28-13-9-6-10-14-28)27-19-17-25(18-20-27)22-30(26-11-7-5-8-12-26)29-21-23(2)15-16-24(29)3/h5-22,31-32H,4H2,1-3H3. The van der Waals surface area contributed by atoms with Gasteiger partial charge in [-0.15, -0.1) is 0 Å². The summed E-state index contributed by atoms with van der Waals surface area (Å²) in [7, 11) is 0. The monoisotopic (exact) mass is 417 g/mol. The third-order valence-corrected chi connectivity index (χ3v) is 5.94. The Bertz CT molecular complexity index is 1170. The molecule has 1 N–H and O–H groups in total. The Kier molecular flexibility index (Phi) is 6.87. The minimum atomic E-state index is 0.294. The van der Waals surface area contributed by atoms with E-state index in [0.29, 0.717) is 6.04 Å². The lowest BCUT2D eigenvalue weighted by Crippen LogP contribution is -2.09. The molecule has 0 saturated carbocycles. The van der Waals surface area contributed by atoms with Crippen LogP contribution in [0.3, 0.4) is 0 Å². The first-order chi connectivity index (χ1) is 15.6. The van der Waals surface area contributed by atoms with Crippen LogP contribution in [-0.2, 0) is 0 Å². The molecule has 1 nitrogen and oxygen atoms in total. The maximum absolute atomic E-state index is 3.66. The van der Waals surface area contributed by atoms with Crippen molar-refractivity contribution in [3.8, 4) is 0 Å². The molecule has 1 atom stereocenters. The van der Waals surface area contributed by atoms with Crippen LogP contribution in [0, 0.1) is 13.8 Å². The van der Waals surface area contributed by atoms with Gasteiger partial charge < -0.3 is 5.32 Å². The van der Waals surface area contributed by atoms with E-state index in [-0.39, 0.29) is 0 Å². The van der Waals surface area contributed by atoms with E-state index >= 15 is 0 Å². The maximum atomic E-state index is 3.66. The third-order valence-electron chi connectivity index (χ3n) is 5.94. The van der Waals surface area contributed by atoms with Crippen LogP contribution in [0.4, 0.5) is 5.69 Å². The molecule has 0 aliphatic heterocycles. The number of aryl methyl sites for hydroxylation is 2. The van der Waals surface area contributed by atoms with E-state index in [4.69, 9.17) is 0 Å². The fourth-order valence-corrected chi connectivity index (χ4v) is 4.11. The number of anilines is 1. The highest BCUT2D eigenvalue weighted by molar-refractivity contribution is 5.92. The molecule has 4 rings (SSSR count). The Morgan fingerprint density at radius 3 is 2.09 bits per heavy atom. The quantitative estimate of drug-likeness (QED) is 0.297. The van der Waals surface area contributed by atoms with Crippen molar-refractivity contribution in [2.45, 2.75) is 33.2 Å². The lowest BCUT2D eigenvalue weighted by Gasteiger charge is -2.19. The van der Waals surface area contributed by atoms with Gasteiger partial charge in [-0.25, -0.2) is 0 Å². The number of rotatable bonds is 7. The predicted octanol–water partition coefficient (Wildman–Crippen LogP) is 8.46. The molecule has 0 amide bonds. The Morgan fingerprint density at radius 2 is 1.44 bits per heavy atom. The summed E-state index contributed by atoms with van der Waals surface area (Å²) in [6.45, 7) is 6.57. The lowest BCUT2D eigenvalue weighted by molar-refractivity contribution is 0.749. The molecule has 0 bridgehead atoms. The van der Waals surface area contributed by atoms with Gasteiger partial charge in [0.15, 0.2) is 0 Å². The van der Waals surface area contributed by atoms with E-state index in [0.717, 1.165) is 12.1 Å². The van der Waals surface area contributed by atoms with Gasteiger partial charge in [-0.05, 0) is 71.9 Å². The van der Waals surface area contributed by atoms with Gasteiger partial charge >= 0.3 is 0 Å². The number of hydrogen-bond acceptors (Lipinski definition) is 1. The molecule has 0 radical (unpaired) electrons. The van der Waals surface area contributed by atoms with Crippen LogP contribution in [0.15, 0.2) is 103 Å². The Hall–Kier alpha value is -3.58. The van der Waals surface area contributed by atoms with Crippen molar-refractivity contribution < 1.29 is 0 Å². The highest BCUT2D eigenvalue weighted by Crippen LogP contribution is 2.30. The van der Waals surface area contributed by atoms with Gasteiger partial charge in [-0.2, -0.15) is 0 Å². The SMILES string of the molecule is CCC(Nc1ccccc1)c1ccc(C=C(c2ccccc2)c2cc(C)ccc2C)cc1. The predicted molar refractivity (Wildman–Crippen MR) is 139 cm³/mol. The number of para-hydroxylation sites is 1. The summed E-state index contributed by atoms with van der Waals surface area (Å²) >= 11 is 0. The van der Waals surface area contributed by atoms with Crippen LogP contribution in [0.1, 0.15) is 52.8 Å². The average Bonchev–Trinajstić information content (AvgIpc) is 2.84. The Labute approximate surface area is 192 Å². The highest BCUT2D eigenvalue weighted by atomic mass is 14.9. The topological polar surface area (TPSA) is 12.0 Å². The minimum Gasteiger partial charge on any atom is -0.378 e. The summed E-state index contributed by atoms with van der Waals surface area (Å²) in [6, 6.07) is 37.1. The average molecular weight is 418 g/mol. The van der Waals surface area contributed by atoms with E-state index in [1.807, 2.05) is 6.07 Å². The number of hydrogen-bond donors (Lipinski definition) is 1.